The normalized spacial score (nSPS) is 4.92. The zero-order valence-corrected chi connectivity index (χ0v) is 6.59. The van der Waals surface area contributed by atoms with Crippen molar-refractivity contribution in [3.63, 3.8) is 0 Å². The maximum absolute atomic E-state index is 8.88. The highest BCUT2D eigenvalue weighted by molar-refractivity contribution is 7.45. The van der Waals surface area contributed by atoms with Crippen LogP contribution in [0.3, 0.4) is 0 Å². The van der Waals surface area contributed by atoms with Crippen LogP contribution in [0.15, 0.2) is 0 Å². The monoisotopic (exact) mass is 224 g/mol. The van der Waals surface area contributed by atoms with E-state index >= 15 is 0 Å². The maximum atomic E-state index is 8.88. The molecule has 0 fully saturated rings. The Hall–Kier alpha value is -0.170. The third-order valence-electron chi connectivity index (χ3n) is 0. The van der Waals surface area contributed by atoms with Crippen molar-refractivity contribution in [2.75, 3.05) is 0 Å². The largest absolute Gasteiger partial charge is 0.466 e. The van der Waals surface area contributed by atoms with Crippen LogP contribution in [-0.2, 0) is 4.57 Å². The summed E-state index contributed by atoms with van der Waals surface area (Å²) in [4.78, 5) is 21.6. The lowest BCUT2D eigenvalue weighted by molar-refractivity contribution is 0.275. The molecular weight excluding hydrogens is 207 g/mol. The van der Waals surface area contributed by atoms with Gasteiger partial charge in [0.05, 0.1) is 0 Å². The van der Waals surface area contributed by atoms with E-state index in [1.807, 2.05) is 0 Å². The zero-order valence-electron chi connectivity index (χ0n) is 5.70. The van der Waals surface area contributed by atoms with Gasteiger partial charge in [0.15, 0.2) is 0 Å². The highest BCUT2D eigenvalue weighted by Gasteiger charge is 2.00. The Labute approximate surface area is 66.7 Å². The predicted molar refractivity (Wildman–Crippen MR) is 39.6 cm³/mol. The number of hydrogen-bond acceptors (Lipinski definition) is 1. The molecule has 0 heterocycles. The lowest BCUT2D eigenvalue weighted by atomic mass is 15.8. The van der Waals surface area contributed by atoms with E-state index in [4.69, 9.17) is 19.2 Å². The Kier molecular flexibility index (Phi) is 243. The summed E-state index contributed by atoms with van der Waals surface area (Å²) in [6.45, 7) is 0. The molecule has 0 atom stereocenters. The standard InChI is InChI=1S/H3O4P.7H2O/c1-5(2,3)4;;;;;;;/h(H3,1,2,3,4);7*1H2. The van der Waals surface area contributed by atoms with Gasteiger partial charge in [-0.15, -0.1) is 0 Å². The van der Waals surface area contributed by atoms with Gasteiger partial charge in [0.1, 0.15) is 0 Å². The summed E-state index contributed by atoms with van der Waals surface area (Å²) in [6, 6.07) is 0. The minimum atomic E-state index is -4.64. The zero-order chi connectivity index (χ0) is 4.50. The van der Waals surface area contributed by atoms with Crippen molar-refractivity contribution in [3.05, 3.63) is 0 Å². The van der Waals surface area contributed by atoms with E-state index in [1.165, 1.54) is 0 Å². The Morgan fingerprint density at radius 3 is 0.583 bits per heavy atom. The van der Waals surface area contributed by atoms with Crippen LogP contribution in [0.1, 0.15) is 0 Å². The summed E-state index contributed by atoms with van der Waals surface area (Å²) in [5.74, 6) is 0. The summed E-state index contributed by atoms with van der Waals surface area (Å²) >= 11 is 0. The predicted octanol–water partition coefficient (Wildman–Crippen LogP) is -6.70. The third-order valence-corrected chi connectivity index (χ3v) is 0. The highest BCUT2D eigenvalue weighted by Crippen LogP contribution is 2.25. The molecule has 0 aliphatic rings. The second kappa shape index (κ2) is 30.8. The van der Waals surface area contributed by atoms with Crippen molar-refractivity contribution in [2.45, 2.75) is 0 Å². The summed E-state index contributed by atoms with van der Waals surface area (Å²) < 4.78 is 8.88. The van der Waals surface area contributed by atoms with Gasteiger partial charge < -0.3 is 53.0 Å². The van der Waals surface area contributed by atoms with E-state index in [2.05, 4.69) is 0 Å². The second-order valence-electron chi connectivity index (χ2n) is 0.513. The third kappa shape index (κ3) is 26500. The SMILES string of the molecule is O.O.O.O.O.O.O.O=P(O)(O)O. The summed E-state index contributed by atoms with van der Waals surface area (Å²) in [5.41, 5.74) is 0. The van der Waals surface area contributed by atoms with Crippen molar-refractivity contribution < 1.29 is 57.6 Å². The molecule has 88 valence electrons. The lowest BCUT2D eigenvalue weighted by Crippen LogP contribution is -1.66. The van der Waals surface area contributed by atoms with Crippen LogP contribution in [0.2, 0.25) is 0 Å². The van der Waals surface area contributed by atoms with Gasteiger partial charge in [-0.05, 0) is 0 Å². The Morgan fingerprint density at radius 1 is 0.583 bits per heavy atom. The molecule has 0 unspecified atom stereocenters. The van der Waals surface area contributed by atoms with Crippen molar-refractivity contribution in [2.24, 2.45) is 0 Å². The molecule has 0 aromatic rings. The van der Waals surface area contributed by atoms with Crippen LogP contribution in [-0.4, -0.2) is 53.0 Å². The van der Waals surface area contributed by atoms with E-state index in [-0.39, 0.29) is 38.3 Å². The first kappa shape index (κ1) is 94.6. The molecule has 17 N–H and O–H groups in total. The van der Waals surface area contributed by atoms with Crippen molar-refractivity contribution in [1.29, 1.82) is 0 Å². The molecule has 0 aromatic carbocycles. The van der Waals surface area contributed by atoms with E-state index in [9.17, 15) is 0 Å². The van der Waals surface area contributed by atoms with Crippen LogP contribution in [0, 0.1) is 0 Å². The lowest BCUT2D eigenvalue weighted by Gasteiger charge is -1.82. The fourth-order valence-corrected chi connectivity index (χ4v) is 0. The van der Waals surface area contributed by atoms with E-state index in [0.717, 1.165) is 0 Å². The molecule has 0 radical (unpaired) electrons. The molecule has 12 heavy (non-hydrogen) atoms. The second-order valence-corrected chi connectivity index (χ2v) is 1.54. The number of rotatable bonds is 0. The summed E-state index contributed by atoms with van der Waals surface area (Å²) in [5, 5.41) is 0. The van der Waals surface area contributed by atoms with Crippen molar-refractivity contribution in [3.8, 4) is 0 Å². The van der Waals surface area contributed by atoms with Crippen LogP contribution < -0.4 is 0 Å². The van der Waals surface area contributed by atoms with Gasteiger partial charge in [-0.25, -0.2) is 4.57 Å². The first-order valence-corrected chi connectivity index (χ1v) is 2.35. The van der Waals surface area contributed by atoms with E-state index in [0.29, 0.717) is 0 Å². The maximum Gasteiger partial charge on any atom is 0.466 e. The number of hydrogen-bond donors (Lipinski definition) is 3. The molecule has 0 aromatic heterocycles. The first-order chi connectivity index (χ1) is 2.00. The molecule has 0 saturated heterocycles. The molecule has 0 saturated carbocycles. The highest BCUT2D eigenvalue weighted by atomic mass is 31.2. The topological polar surface area (TPSA) is 298 Å². The molecule has 0 amide bonds. The van der Waals surface area contributed by atoms with Crippen LogP contribution in [0.25, 0.3) is 0 Å². The Morgan fingerprint density at radius 2 is 0.583 bits per heavy atom. The van der Waals surface area contributed by atoms with Crippen molar-refractivity contribution >= 4 is 7.82 Å². The quantitative estimate of drug-likeness (QED) is 0.337. The van der Waals surface area contributed by atoms with Gasteiger partial charge in [0.25, 0.3) is 0 Å². The average Bonchev–Trinajstić information content (AvgIpc) is 0.722. The van der Waals surface area contributed by atoms with Gasteiger partial charge in [-0.2, -0.15) is 0 Å². The van der Waals surface area contributed by atoms with E-state index in [1.54, 1.807) is 0 Å². The first-order valence-electron chi connectivity index (χ1n) is 0.783. The average molecular weight is 224 g/mol. The molecule has 0 aliphatic carbocycles. The number of phosphoric acid groups is 1. The Balaban J connectivity index is -0.00000000381. The minimum absolute atomic E-state index is 0. The molecule has 0 spiro atoms. The minimum Gasteiger partial charge on any atom is -0.412 e. The van der Waals surface area contributed by atoms with Gasteiger partial charge >= 0.3 is 7.82 Å². The fourth-order valence-electron chi connectivity index (χ4n) is 0. The van der Waals surface area contributed by atoms with E-state index < -0.39 is 7.82 Å². The summed E-state index contributed by atoms with van der Waals surface area (Å²) in [7, 11) is -4.64. The van der Waals surface area contributed by atoms with Crippen molar-refractivity contribution in [1.82, 2.24) is 0 Å². The smallest absolute Gasteiger partial charge is 0.412 e. The van der Waals surface area contributed by atoms with Gasteiger partial charge in [-0.3, -0.25) is 0 Å². The van der Waals surface area contributed by atoms with Crippen LogP contribution in [0.5, 0.6) is 0 Å². The molecular formula is H17O11P. The molecule has 0 aliphatic heterocycles. The van der Waals surface area contributed by atoms with Crippen LogP contribution >= 0.6 is 7.82 Å². The van der Waals surface area contributed by atoms with Gasteiger partial charge in [0, 0.05) is 0 Å². The van der Waals surface area contributed by atoms with Gasteiger partial charge in [-0.1, -0.05) is 0 Å². The van der Waals surface area contributed by atoms with Gasteiger partial charge in [0.2, 0.25) is 0 Å². The molecule has 0 bridgehead atoms. The summed E-state index contributed by atoms with van der Waals surface area (Å²) in [6.07, 6.45) is 0. The van der Waals surface area contributed by atoms with Crippen LogP contribution in [0.4, 0.5) is 0 Å². The Bertz CT molecular complexity index is 51.1. The molecule has 0 rings (SSSR count). The molecule has 12 heteroatoms. The molecule has 11 nitrogen and oxygen atoms in total. The fraction of sp³-hybridized carbons (Fsp3) is 0.